The summed E-state index contributed by atoms with van der Waals surface area (Å²) in [5.74, 6) is 0. The lowest BCUT2D eigenvalue weighted by molar-refractivity contribution is 1.43. The van der Waals surface area contributed by atoms with Gasteiger partial charge in [-0.1, -0.05) is 60.7 Å². The highest BCUT2D eigenvalue weighted by Crippen LogP contribution is 2.42. The number of benzene rings is 3. The molecule has 114 valence electrons. The first kappa shape index (κ1) is 13.7. The maximum absolute atomic E-state index is 5.03. The summed E-state index contributed by atoms with van der Waals surface area (Å²) < 4.78 is 2.67. The molecule has 0 spiro atoms. The monoisotopic (exact) mass is 325 g/mol. The van der Waals surface area contributed by atoms with Crippen LogP contribution in [-0.2, 0) is 0 Å². The van der Waals surface area contributed by atoms with Crippen LogP contribution in [0, 0.1) is 6.92 Å². The highest BCUT2D eigenvalue weighted by molar-refractivity contribution is 7.26. The van der Waals surface area contributed by atoms with E-state index >= 15 is 0 Å². The molecule has 0 unspecified atom stereocenters. The van der Waals surface area contributed by atoms with E-state index < -0.39 is 0 Å². The Morgan fingerprint density at radius 3 is 2.46 bits per heavy atom. The Kier molecular flexibility index (Phi) is 2.94. The summed E-state index contributed by atoms with van der Waals surface area (Å²) in [7, 11) is 0. The summed E-state index contributed by atoms with van der Waals surface area (Å²) in [6, 6.07) is 25.7. The maximum atomic E-state index is 5.03. The minimum atomic E-state index is 1.06. The molecule has 0 atom stereocenters. The van der Waals surface area contributed by atoms with Crippen LogP contribution in [0.4, 0.5) is 0 Å². The Hall–Kier alpha value is -2.71. The van der Waals surface area contributed by atoms with Crippen molar-refractivity contribution in [1.82, 2.24) is 4.98 Å². The van der Waals surface area contributed by atoms with Crippen LogP contribution < -0.4 is 0 Å². The first-order chi connectivity index (χ1) is 11.8. The van der Waals surface area contributed by atoms with E-state index in [2.05, 4.69) is 79.7 Å². The van der Waals surface area contributed by atoms with Gasteiger partial charge in [0.2, 0.25) is 0 Å². The summed E-state index contributed by atoms with van der Waals surface area (Å²) in [6.45, 7) is 2.15. The molecular formula is C22H15NS. The Bertz CT molecular complexity index is 1200. The standard InChI is InChI=1S/C22H15NS/c1-14-11-12-17-19(13-14)24-22-16-9-5-6-10-18(16)23-21(20(17)22)15-7-3-2-4-8-15/h2-13H,1H3. The molecule has 0 aliphatic rings. The van der Waals surface area contributed by atoms with Crippen LogP contribution in [0.5, 0.6) is 0 Å². The summed E-state index contributed by atoms with van der Waals surface area (Å²) in [5.41, 5.74) is 4.62. The Labute approximate surface area is 144 Å². The van der Waals surface area contributed by atoms with Gasteiger partial charge in [-0.15, -0.1) is 11.3 Å². The van der Waals surface area contributed by atoms with Crippen molar-refractivity contribution in [2.75, 3.05) is 0 Å². The number of pyridine rings is 1. The number of hydrogen-bond donors (Lipinski definition) is 0. The van der Waals surface area contributed by atoms with Gasteiger partial charge in [0.05, 0.1) is 11.2 Å². The number of rotatable bonds is 1. The number of aromatic nitrogens is 1. The van der Waals surface area contributed by atoms with Crippen LogP contribution in [0.3, 0.4) is 0 Å². The van der Waals surface area contributed by atoms with Gasteiger partial charge < -0.3 is 0 Å². The van der Waals surface area contributed by atoms with Crippen LogP contribution in [0.2, 0.25) is 0 Å². The molecule has 0 N–H and O–H groups in total. The van der Waals surface area contributed by atoms with E-state index in [4.69, 9.17) is 4.98 Å². The molecule has 0 fully saturated rings. The van der Waals surface area contributed by atoms with Gasteiger partial charge in [-0.05, 0) is 24.6 Å². The van der Waals surface area contributed by atoms with Crippen molar-refractivity contribution in [2.24, 2.45) is 0 Å². The molecule has 0 saturated heterocycles. The van der Waals surface area contributed by atoms with Crippen LogP contribution in [0.1, 0.15) is 5.56 Å². The maximum Gasteiger partial charge on any atom is 0.0802 e. The first-order valence-corrected chi connectivity index (χ1v) is 8.90. The minimum Gasteiger partial charge on any atom is -0.247 e. The third kappa shape index (κ3) is 1.97. The fourth-order valence-electron chi connectivity index (χ4n) is 3.37. The Morgan fingerprint density at radius 2 is 1.58 bits per heavy atom. The van der Waals surface area contributed by atoms with Gasteiger partial charge in [0, 0.05) is 31.1 Å². The lowest BCUT2D eigenvalue weighted by Crippen LogP contribution is -1.87. The zero-order chi connectivity index (χ0) is 16.1. The zero-order valence-corrected chi connectivity index (χ0v) is 14.1. The van der Waals surface area contributed by atoms with Crippen molar-refractivity contribution < 1.29 is 0 Å². The molecule has 2 heterocycles. The number of para-hydroxylation sites is 1. The van der Waals surface area contributed by atoms with Crippen molar-refractivity contribution in [3.63, 3.8) is 0 Å². The van der Waals surface area contributed by atoms with Gasteiger partial charge in [-0.2, -0.15) is 0 Å². The molecule has 24 heavy (non-hydrogen) atoms. The van der Waals surface area contributed by atoms with Crippen LogP contribution in [0.15, 0.2) is 72.8 Å². The van der Waals surface area contributed by atoms with Crippen LogP contribution >= 0.6 is 11.3 Å². The molecule has 3 aromatic carbocycles. The topological polar surface area (TPSA) is 12.9 Å². The van der Waals surface area contributed by atoms with E-state index in [1.54, 1.807) is 0 Å². The highest BCUT2D eigenvalue weighted by Gasteiger charge is 2.15. The quantitative estimate of drug-likeness (QED) is 0.339. The predicted octanol–water partition coefficient (Wildman–Crippen LogP) is 6.58. The molecule has 5 rings (SSSR count). The molecule has 0 radical (unpaired) electrons. The molecule has 0 bridgehead atoms. The summed E-state index contributed by atoms with van der Waals surface area (Å²) in [6.07, 6.45) is 0. The number of thiophene rings is 1. The second-order valence-corrected chi connectivity index (χ2v) is 7.20. The summed E-state index contributed by atoms with van der Waals surface area (Å²) in [5, 5.41) is 3.82. The van der Waals surface area contributed by atoms with Gasteiger partial charge in [0.25, 0.3) is 0 Å². The SMILES string of the molecule is Cc1ccc2c(c1)sc1c3ccccc3nc(-c3ccccc3)c21. The van der Waals surface area contributed by atoms with Gasteiger partial charge in [-0.3, -0.25) is 0 Å². The van der Waals surface area contributed by atoms with Gasteiger partial charge in [-0.25, -0.2) is 4.98 Å². The van der Waals surface area contributed by atoms with Crippen LogP contribution in [0.25, 0.3) is 42.3 Å². The van der Waals surface area contributed by atoms with Crippen molar-refractivity contribution in [3.05, 3.63) is 78.4 Å². The third-order valence-electron chi connectivity index (χ3n) is 4.51. The summed E-state index contributed by atoms with van der Waals surface area (Å²) >= 11 is 1.87. The van der Waals surface area contributed by atoms with E-state index in [-0.39, 0.29) is 0 Å². The normalized spacial score (nSPS) is 11.5. The molecule has 5 aromatic rings. The van der Waals surface area contributed by atoms with Crippen molar-refractivity contribution >= 4 is 42.4 Å². The number of fused-ring (bicyclic) bond motifs is 5. The molecule has 2 aromatic heterocycles. The Balaban J connectivity index is 2.04. The van der Waals surface area contributed by atoms with Crippen molar-refractivity contribution in [2.45, 2.75) is 6.92 Å². The van der Waals surface area contributed by atoms with E-state index in [0.29, 0.717) is 0 Å². The average Bonchev–Trinajstić information content (AvgIpc) is 3.00. The van der Waals surface area contributed by atoms with E-state index in [1.165, 1.54) is 36.7 Å². The number of hydrogen-bond acceptors (Lipinski definition) is 2. The van der Waals surface area contributed by atoms with Crippen molar-refractivity contribution in [3.8, 4) is 11.3 Å². The number of nitrogens with zero attached hydrogens (tertiary/aromatic N) is 1. The number of aryl methyl sites for hydroxylation is 1. The highest BCUT2D eigenvalue weighted by atomic mass is 32.1. The Morgan fingerprint density at radius 1 is 0.792 bits per heavy atom. The minimum absolute atomic E-state index is 1.06. The molecule has 0 aliphatic carbocycles. The predicted molar refractivity (Wildman–Crippen MR) is 105 cm³/mol. The molecule has 0 saturated carbocycles. The lowest BCUT2D eigenvalue weighted by atomic mass is 10.0. The summed E-state index contributed by atoms with van der Waals surface area (Å²) in [4.78, 5) is 5.03. The molecule has 0 aliphatic heterocycles. The van der Waals surface area contributed by atoms with Crippen molar-refractivity contribution in [1.29, 1.82) is 0 Å². The second-order valence-electron chi connectivity index (χ2n) is 6.15. The van der Waals surface area contributed by atoms with E-state index in [9.17, 15) is 0 Å². The molecule has 2 heteroatoms. The fourth-order valence-corrected chi connectivity index (χ4v) is 4.71. The van der Waals surface area contributed by atoms with Gasteiger partial charge in [0.15, 0.2) is 0 Å². The second kappa shape index (κ2) is 5.15. The molecule has 1 nitrogen and oxygen atoms in total. The largest absolute Gasteiger partial charge is 0.247 e. The smallest absolute Gasteiger partial charge is 0.0802 e. The van der Waals surface area contributed by atoms with Crippen LogP contribution in [-0.4, -0.2) is 4.98 Å². The van der Waals surface area contributed by atoms with E-state index in [1.807, 2.05) is 11.3 Å². The molecular weight excluding hydrogens is 310 g/mol. The van der Waals surface area contributed by atoms with Gasteiger partial charge in [0.1, 0.15) is 0 Å². The van der Waals surface area contributed by atoms with Gasteiger partial charge >= 0.3 is 0 Å². The average molecular weight is 325 g/mol. The zero-order valence-electron chi connectivity index (χ0n) is 13.3. The van der Waals surface area contributed by atoms with E-state index in [0.717, 1.165) is 11.2 Å². The third-order valence-corrected chi connectivity index (χ3v) is 5.70. The fraction of sp³-hybridized carbons (Fsp3) is 0.0455. The first-order valence-electron chi connectivity index (χ1n) is 8.08. The molecule has 0 amide bonds. The lowest BCUT2D eigenvalue weighted by Gasteiger charge is -2.07.